The molecule has 1 aliphatic carbocycles. The lowest BCUT2D eigenvalue weighted by Gasteiger charge is -2.22. The summed E-state index contributed by atoms with van der Waals surface area (Å²) in [5.41, 5.74) is 16.7. The molecule has 8 aromatic carbocycles. The van der Waals surface area contributed by atoms with Crippen LogP contribution in [0.5, 0.6) is 0 Å². The Morgan fingerprint density at radius 2 is 0.895 bits per heavy atom. The Hall–Kier alpha value is -7.30. The van der Waals surface area contributed by atoms with Crippen molar-refractivity contribution in [1.29, 1.82) is 0 Å². The molecule has 11 rings (SSSR count). The molecule has 0 radical (unpaired) electrons. The first-order valence-electron chi connectivity index (χ1n) is 19.6. The molecule has 10 aromatic rings. The summed E-state index contributed by atoms with van der Waals surface area (Å²) in [7, 11) is 0. The average molecular weight is 731 g/mol. The van der Waals surface area contributed by atoms with Gasteiger partial charge in [-0.2, -0.15) is 0 Å². The highest BCUT2D eigenvalue weighted by Crippen LogP contribution is 2.50. The molecule has 0 bridgehead atoms. The van der Waals surface area contributed by atoms with Crippen molar-refractivity contribution in [2.45, 2.75) is 19.3 Å². The fraction of sp³-hybridized carbons (Fsp3) is 0.0566. The Labute approximate surface area is 332 Å². The minimum absolute atomic E-state index is 0.0533. The summed E-state index contributed by atoms with van der Waals surface area (Å²) in [6.07, 6.45) is 0. The fourth-order valence-electron chi connectivity index (χ4n) is 9.10. The van der Waals surface area contributed by atoms with E-state index in [1.54, 1.807) is 0 Å². The van der Waals surface area contributed by atoms with Crippen molar-refractivity contribution in [3.05, 3.63) is 205 Å². The standard InChI is InChI=1S/C53H38N4/c1-53(2)47-25-11-9-21-43(47)44-32-27-38(34-48(44)53)37-19-13-20-39(33-37)42-23-14-24-46-45-22-10-12-26-49(45)56(50(42)46)40-28-30-41(31-29-40)57-51(35-15-5-3-6-16-35)54-55-52(57)36-17-7-4-8-18-36/h3-34H,1-2H3. The third-order valence-corrected chi connectivity index (χ3v) is 11.9. The van der Waals surface area contributed by atoms with Crippen molar-refractivity contribution in [2.24, 2.45) is 0 Å². The van der Waals surface area contributed by atoms with Gasteiger partial charge in [-0.25, -0.2) is 0 Å². The van der Waals surface area contributed by atoms with Crippen molar-refractivity contribution in [1.82, 2.24) is 19.3 Å². The molecule has 2 aromatic heterocycles. The van der Waals surface area contributed by atoms with E-state index in [4.69, 9.17) is 10.2 Å². The van der Waals surface area contributed by atoms with E-state index in [1.807, 2.05) is 36.4 Å². The Kier molecular flexibility index (Phi) is 7.48. The number of aromatic nitrogens is 4. The molecule has 0 aliphatic heterocycles. The number of rotatable bonds is 6. The van der Waals surface area contributed by atoms with Gasteiger partial charge in [-0.1, -0.05) is 166 Å². The van der Waals surface area contributed by atoms with Crippen molar-refractivity contribution in [3.63, 3.8) is 0 Å². The second-order valence-electron chi connectivity index (χ2n) is 15.5. The maximum atomic E-state index is 4.71. The molecule has 0 amide bonds. The van der Waals surface area contributed by atoms with Crippen molar-refractivity contribution in [3.8, 4) is 67.5 Å². The molecular formula is C53H38N4. The lowest BCUT2D eigenvalue weighted by Crippen LogP contribution is -2.14. The zero-order valence-corrected chi connectivity index (χ0v) is 31.8. The quantitative estimate of drug-likeness (QED) is 0.171. The van der Waals surface area contributed by atoms with E-state index < -0.39 is 0 Å². The van der Waals surface area contributed by atoms with Crippen molar-refractivity contribution < 1.29 is 0 Å². The van der Waals surface area contributed by atoms with E-state index in [1.165, 1.54) is 66.3 Å². The number of fused-ring (bicyclic) bond motifs is 6. The van der Waals surface area contributed by atoms with Crippen LogP contribution in [0.15, 0.2) is 194 Å². The van der Waals surface area contributed by atoms with Crippen LogP contribution in [0.4, 0.5) is 0 Å². The maximum absolute atomic E-state index is 4.71. The molecule has 1 aliphatic rings. The van der Waals surface area contributed by atoms with Gasteiger partial charge in [-0.05, 0) is 81.4 Å². The number of hydrogen-bond acceptors (Lipinski definition) is 2. The number of benzene rings is 8. The molecule has 0 fully saturated rings. The lowest BCUT2D eigenvalue weighted by molar-refractivity contribution is 0.660. The van der Waals surface area contributed by atoms with Crippen molar-refractivity contribution in [2.75, 3.05) is 0 Å². The van der Waals surface area contributed by atoms with Crippen LogP contribution in [0.25, 0.3) is 89.3 Å². The predicted octanol–water partition coefficient (Wildman–Crippen LogP) is 13.3. The first-order valence-corrected chi connectivity index (χ1v) is 19.6. The van der Waals surface area contributed by atoms with Crippen LogP contribution in [0.1, 0.15) is 25.0 Å². The monoisotopic (exact) mass is 730 g/mol. The molecule has 0 spiro atoms. The first-order chi connectivity index (χ1) is 28.0. The van der Waals surface area contributed by atoms with Crippen LogP contribution in [0.2, 0.25) is 0 Å². The Morgan fingerprint density at radius 3 is 1.63 bits per heavy atom. The lowest BCUT2D eigenvalue weighted by atomic mass is 9.81. The SMILES string of the molecule is CC1(C)c2ccccc2-c2ccc(-c3cccc(-c4cccc5c6ccccc6n(-c6ccc(-n7c(-c8ccccc8)nnc7-c7ccccc7)cc6)c45)c3)cc21. The van der Waals surface area contributed by atoms with Gasteiger partial charge in [0.1, 0.15) is 0 Å². The van der Waals surface area contributed by atoms with Crippen LogP contribution in [0.3, 0.4) is 0 Å². The summed E-state index contributed by atoms with van der Waals surface area (Å²) in [6, 6.07) is 69.8. The van der Waals surface area contributed by atoms with E-state index in [-0.39, 0.29) is 5.41 Å². The molecule has 57 heavy (non-hydrogen) atoms. The molecule has 0 saturated heterocycles. The minimum atomic E-state index is -0.0533. The molecule has 0 N–H and O–H groups in total. The smallest absolute Gasteiger partial charge is 0.168 e. The Morgan fingerprint density at radius 1 is 0.368 bits per heavy atom. The third-order valence-electron chi connectivity index (χ3n) is 11.9. The topological polar surface area (TPSA) is 35.6 Å². The second kappa shape index (κ2) is 12.9. The summed E-state index contributed by atoms with van der Waals surface area (Å²) in [5, 5.41) is 11.9. The zero-order valence-electron chi connectivity index (χ0n) is 31.8. The minimum Gasteiger partial charge on any atom is -0.309 e. The van der Waals surface area contributed by atoms with E-state index in [0.29, 0.717) is 0 Å². The maximum Gasteiger partial charge on any atom is 0.168 e. The van der Waals surface area contributed by atoms with Gasteiger partial charge in [0.25, 0.3) is 0 Å². The van der Waals surface area contributed by atoms with E-state index in [2.05, 4.69) is 181 Å². The van der Waals surface area contributed by atoms with E-state index in [0.717, 1.165) is 34.2 Å². The summed E-state index contributed by atoms with van der Waals surface area (Å²) in [4.78, 5) is 0. The van der Waals surface area contributed by atoms with Crippen LogP contribution in [-0.4, -0.2) is 19.3 Å². The molecule has 4 nitrogen and oxygen atoms in total. The van der Waals surface area contributed by atoms with Crippen LogP contribution in [-0.2, 0) is 5.41 Å². The highest BCUT2D eigenvalue weighted by molar-refractivity contribution is 6.14. The van der Waals surface area contributed by atoms with Gasteiger partial charge in [0, 0.05) is 44.3 Å². The first kappa shape index (κ1) is 33.1. The number of nitrogens with zero attached hydrogens (tertiary/aromatic N) is 4. The number of hydrogen-bond donors (Lipinski definition) is 0. The highest BCUT2D eigenvalue weighted by Gasteiger charge is 2.35. The molecule has 4 heteroatoms. The summed E-state index contributed by atoms with van der Waals surface area (Å²) >= 11 is 0. The van der Waals surface area contributed by atoms with Crippen LogP contribution in [0, 0.1) is 0 Å². The van der Waals surface area contributed by atoms with E-state index in [9.17, 15) is 0 Å². The van der Waals surface area contributed by atoms with Crippen LogP contribution >= 0.6 is 0 Å². The number of para-hydroxylation sites is 2. The molecular weight excluding hydrogens is 693 g/mol. The molecule has 2 heterocycles. The molecule has 0 unspecified atom stereocenters. The average Bonchev–Trinajstić information content (AvgIpc) is 3.93. The highest BCUT2D eigenvalue weighted by atomic mass is 15.3. The zero-order chi connectivity index (χ0) is 38.1. The Bertz CT molecular complexity index is 3080. The molecule has 270 valence electrons. The van der Waals surface area contributed by atoms with Crippen molar-refractivity contribution >= 4 is 21.8 Å². The molecule has 0 saturated carbocycles. The van der Waals surface area contributed by atoms with Gasteiger partial charge in [0.05, 0.1) is 11.0 Å². The van der Waals surface area contributed by atoms with Gasteiger partial charge in [-0.15, -0.1) is 10.2 Å². The predicted molar refractivity (Wildman–Crippen MR) is 235 cm³/mol. The van der Waals surface area contributed by atoms with Gasteiger partial charge in [0.15, 0.2) is 11.6 Å². The third kappa shape index (κ3) is 5.22. The van der Waals surface area contributed by atoms with Gasteiger partial charge in [-0.3, -0.25) is 4.57 Å². The fourth-order valence-corrected chi connectivity index (χ4v) is 9.10. The summed E-state index contributed by atoms with van der Waals surface area (Å²) in [6.45, 7) is 4.70. The normalized spacial score (nSPS) is 12.9. The largest absolute Gasteiger partial charge is 0.309 e. The van der Waals surface area contributed by atoms with Gasteiger partial charge >= 0.3 is 0 Å². The second-order valence-corrected chi connectivity index (χ2v) is 15.5. The van der Waals surface area contributed by atoms with Gasteiger partial charge < -0.3 is 4.57 Å². The Balaban J connectivity index is 1.05. The van der Waals surface area contributed by atoms with Gasteiger partial charge in [0.2, 0.25) is 0 Å². The summed E-state index contributed by atoms with van der Waals surface area (Å²) < 4.78 is 4.59. The van der Waals surface area contributed by atoms with Crippen LogP contribution < -0.4 is 0 Å². The molecule has 0 atom stereocenters. The van der Waals surface area contributed by atoms with E-state index >= 15 is 0 Å². The summed E-state index contributed by atoms with van der Waals surface area (Å²) in [5.74, 6) is 1.61.